The Morgan fingerprint density at radius 1 is 1.17 bits per heavy atom. The number of benzene rings is 1. The van der Waals surface area contributed by atoms with E-state index in [0.717, 1.165) is 0 Å². The van der Waals surface area contributed by atoms with E-state index in [2.05, 4.69) is 5.92 Å². The van der Waals surface area contributed by atoms with E-state index < -0.39 is 0 Å². The lowest BCUT2D eigenvalue weighted by molar-refractivity contribution is 0.361. The van der Waals surface area contributed by atoms with Gasteiger partial charge in [-0.3, -0.25) is 0 Å². The summed E-state index contributed by atoms with van der Waals surface area (Å²) in [6.45, 7) is 0. The molecular formula is C10H6O2. The predicted octanol–water partition coefficient (Wildman–Crippen LogP) is 1.91. The van der Waals surface area contributed by atoms with Crippen molar-refractivity contribution in [2.24, 2.45) is 0 Å². The second-order valence-electron chi connectivity index (χ2n) is 2.29. The van der Waals surface area contributed by atoms with Gasteiger partial charge in [0.15, 0.2) is 11.5 Å². The topological polar surface area (TPSA) is 18.5 Å². The van der Waals surface area contributed by atoms with Crippen molar-refractivity contribution in [2.75, 3.05) is 0 Å². The number of fused-ring (bicyclic) bond motifs is 1. The van der Waals surface area contributed by atoms with Gasteiger partial charge in [0.1, 0.15) is 12.5 Å². The van der Waals surface area contributed by atoms with Crippen LogP contribution in [0.1, 0.15) is 5.56 Å². The summed E-state index contributed by atoms with van der Waals surface area (Å²) in [6.07, 6.45) is 8.20. The largest absolute Gasteiger partial charge is 0.458 e. The van der Waals surface area contributed by atoms with Crippen molar-refractivity contribution in [3.63, 3.8) is 0 Å². The van der Waals surface area contributed by atoms with Gasteiger partial charge in [-0.05, 0) is 12.1 Å². The highest BCUT2D eigenvalue weighted by atomic mass is 16.5. The molecule has 1 heterocycles. The minimum Gasteiger partial charge on any atom is -0.458 e. The van der Waals surface area contributed by atoms with Crippen LogP contribution in [0.5, 0.6) is 11.5 Å². The van der Waals surface area contributed by atoms with Crippen LogP contribution >= 0.6 is 0 Å². The van der Waals surface area contributed by atoms with Crippen LogP contribution < -0.4 is 9.47 Å². The first-order valence-electron chi connectivity index (χ1n) is 3.50. The Bertz CT molecular complexity index is 372. The quantitative estimate of drug-likeness (QED) is 0.537. The molecule has 0 saturated heterocycles. The zero-order chi connectivity index (χ0) is 8.39. The predicted molar refractivity (Wildman–Crippen MR) is 44.8 cm³/mol. The maximum atomic E-state index is 5.26. The maximum Gasteiger partial charge on any atom is 0.184 e. The molecule has 0 radical (unpaired) electrons. The molecule has 1 aromatic carbocycles. The van der Waals surface area contributed by atoms with E-state index in [0.29, 0.717) is 17.1 Å². The molecule has 58 valence electrons. The number of terminal acetylenes is 1. The first kappa shape index (κ1) is 6.81. The van der Waals surface area contributed by atoms with E-state index >= 15 is 0 Å². The highest BCUT2D eigenvalue weighted by Gasteiger charge is 2.10. The van der Waals surface area contributed by atoms with Gasteiger partial charge in [0.05, 0.1) is 5.56 Å². The van der Waals surface area contributed by atoms with E-state index in [-0.39, 0.29) is 0 Å². The van der Waals surface area contributed by atoms with Crippen LogP contribution in [0.4, 0.5) is 0 Å². The molecule has 0 bridgehead atoms. The first-order chi connectivity index (χ1) is 5.92. The van der Waals surface area contributed by atoms with Gasteiger partial charge in [-0.25, -0.2) is 0 Å². The molecule has 0 spiro atoms. The van der Waals surface area contributed by atoms with Crippen molar-refractivity contribution >= 4 is 0 Å². The lowest BCUT2D eigenvalue weighted by Gasteiger charge is -2.12. The molecule has 0 fully saturated rings. The van der Waals surface area contributed by atoms with Gasteiger partial charge < -0.3 is 9.47 Å². The fraction of sp³-hybridized carbons (Fsp3) is 0. The van der Waals surface area contributed by atoms with Crippen LogP contribution in [0.25, 0.3) is 0 Å². The lowest BCUT2D eigenvalue weighted by atomic mass is 10.2. The fourth-order valence-corrected chi connectivity index (χ4v) is 1.04. The summed E-state index contributed by atoms with van der Waals surface area (Å²) in [6, 6.07) is 5.44. The molecule has 0 aliphatic carbocycles. The molecule has 1 aromatic rings. The summed E-state index contributed by atoms with van der Waals surface area (Å²) in [4.78, 5) is 0. The van der Waals surface area contributed by atoms with E-state index in [1.54, 1.807) is 12.1 Å². The van der Waals surface area contributed by atoms with Gasteiger partial charge in [0.25, 0.3) is 0 Å². The number of hydrogen-bond acceptors (Lipinski definition) is 2. The molecule has 2 heteroatoms. The van der Waals surface area contributed by atoms with Crippen molar-refractivity contribution in [1.82, 2.24) is 0 Å². The number of rotatable bonds is 0. The van der Waals surface area contributed by atoms with Crippen molar-refractivity contribution in [3.8, 4) is 23.8 Å². The third kappa shape index (κ3) is 0.923. The Morgan fingerprint density at radius 2 is 2.00 bits per heavy atom. The van der Waals surface area contributed by atoms with Crippen molar-refractivity contribution in [3.05, 3.63) is 36.3 Å². The van der Waals surface area contributed by atoms with Crippen molar-refractivity contribution < 1.29 is 9.47 Å². The number of hydrogen-bond donors (Lipinski definition) is 0. The van der Waals surface area contributed by atoms with Gasteiger partial charge in [-0.2, -0.15) is 0 Å². The summed E-state index contributed by atoms with van der Waals surface area (Å²) < 4.78 is 10.4. The van der Waals surface area contributed by atoms with E-state index in [9.17, 15) is 0 Å². The van der Waals surface area contributed by atoms with Gasteiger partial charge in [0, 0.05) is 0 Å². The van der Waals surface area contributed by atoms with Crippen LogP contribution in [-0.2, 0) is 0 Å². The third-order valence-corrected chi connectivity index (χ3v) is 1.57. The second-order valence-corrected chi connectivity index (χ2v) is 2.29. The van der Waals surface area contributed by atoms with Gasteiger partial charge in [-0.1, -0.05) is 12.0 Å². The smallest absolute Gasteiger partial charge is 0.184 e. The Hall–Kier alpha value is -1.88. The summed E-state index contributed by atoms with van der Waals surface area (Å²) in [5.74, 6) is 3.79. The minimum atomic E-state index is 0.613. The normalized spacial score (nSPS) is 12.2. The zero-order valence-corrected chi connectivity index (χ0v) is 6.28. The number of ether oxygens (including phenoxy) is 2. The first-order valence-corrected chi connectivity index (χ1v) is 3.50. The maximum absolute atomic E-state index is 5.26. The average molecular weight is 158 g/mol. The van der Waals surface area contributed by atoms with E-state index in [1.807, 2.05) is 6.07 Å². The fourth-order valence-electron chi connectivity index (χ4n) is 1.04. The molecule has 1 aliphatic heterocycles. The molecule has 1 aliphatic rings. The lowest BCUT2D eigenvalue weighted by Crippen LogP contribution is -1.97. The third-order valence-electron chi connectivity index (χ3n) is 1.57. The number of para-hydroxylation sites is 1. The molecule has 2 nitrogen and oxygen atoms in total. The molecule has 0 atom stereocenters. The molecule has 12 heavy (non-hydrogen) atoms. The summed E-state index contributed by atoms with van der Waals surface area (Å²) >= 11 is 0. The molecule has 0 unspecified atom stereocenters. The van der Waals surface area contributed by atoms with Gasteiger partial charge >= 0.3 is 0 Å². The molecular weight excluding hydrogens is 152 g/mol. The van der Waals surface area contributed by atoms with Gasteiger partial charge in [0.2, 0.25) is 0 Å². The molecule has 0 N–H and O–H groups in total. The van der Waals surface area contributed by atoms with Crippen molar-refractivity contribution in [2.45, 2.75) is 0 Å². The minimum absolute atomic E-state index is 0.613. The van der Waals surface area contributed by atoms with Crippen LogP contribution in [0.15, 0.2) is 30.7 Å². The van der Waals surface area contributed by atoms with E-state index in [4.69, 9.17) is 15.9 Å². The Morgan fingerprint density at radius 3 is 2.83 bits per heavy atom. The molecule has 0 aromatic heterocycles. The van der Waals surface area contributed by atoms with E-state index in [1.165, 1.54) is 12.5 Å². The van der Waals surface area contributed by atoms with Gasteiger partial charge in [-0.15, -0.1) is 6.42 Å². The standard InChI is InChI=1S/C10H6O2/c1-2-8-4-3-5-9-10(8)12-7-6-11-9/h1,3-7H. The summed E-state index contributed by atoms with van der Waals surface area (Å²) in [7, 11) is 0. The SMILES string of the molecule is C#Cc1cccc2c1OC=CO2. The highest BCUT2D eigenvalue weighted by Crippen LogP contribution is 2.33. The molecule has 0 saturated carbocycles. The average Bonchev–Trinajstić information content (AvgIpc) is 2.17. The Kier molecular flexibility index (Phi) is 1.49. The Labute approximate surface area is 70.4 Å². The van der Waals surface area contributed by atoms with Crippen LogP contribution in [0, 0.1) is 12.3 Å². The van der Waals surface area contributed by atoms with Crippen LogP contribution in [0.3, 0.4) is 0 Å². The Balaban J connectivity index is 2.58. The summed E-state index contributed by atoms with van der Waals surface area (Å²) in [5, 5.41) is 0. The van der Waals surface area contributed by atoms with Crippen LogP contribution in [0.2, 0.25) is 0 Å². The molecule has 2 rings (SSSR count). The molecule has 0 amide bonds. The second kappa shape index (κ2) is 2.63. The van der Waals surface area contributed by atoms with Crippen LogP contribution in [-0.4, -0.2) is 0 Å². The van der Waals surface area contributed by atoms with Crippen molar-refractivity contribution in [1.29, 1.82) is 0 Å². The summed E-state index contributed by atoms with van der Waals surface area (Å²) in [5.41, 5.74) is 0.705. The monoisotopic (exact) mass is 158 g/mol. The highest BCUT2D eigenvalue weighted by molar-refractivity contribution is 5.54. The zero-order valence-electron chi connectivity index (χ0n) is 6.28.